The number of amides is 1. The summed E-state index contributed by atoms with van der Waals surface area (Å²) in [6.45, 7) is 1.87. The number of nitrogens with zero attached hydrogens (tertiary/aromatic N) is 2. The second-order valence-electron chi connectivity index (χ2n) is 5.63. The number of benzene rings is 1. The van der Waals surface area contributed by atoms with Crippen LogP contribution in [0.25, 0.3) is 11.4 Å². The molecule has 6 nitrogen and oxygen atoms in total. The SMILES string of the molecule is Cl.O=C(CCc1nc(-c2ccc(Cl)cc2)no1)N[C@H]1CCCNC1. The molecule has 1 aliphatic heterocycles. The zero-order valence-corrected chi connectivity index (χ0v) is 14.7. The van der Waals surface area contributed by atoms with Gasteiger partial charge in [0.05, 0.1) is 0 Å². The zero-order valence-electron chi connectivity index (χ0n) is 13.1. The van der Waals surface area contributed by atoms with E-state index in [9.17, 15) is 4.79 Å². The molecule has 1 aromatic carbocycles. The molecule has 0 spiro atoms. The van der Waals surface area contributed by atoms with Crippen molar-refractivity contribution in [1.29, 1.82) is 0 Å². The molecule has 2 N–H and O–H groups in total. The van der Waals surface area contributed by atoms with Gasteiger partial charge in [-0.25, -0.2) is 0 Å². The quantitative estimate of drug-likeness (QED) is 0.845. The van der Waals surface area contributed by atoms with E-state index in [2.05, 4.69) is 20.8 Å². The summed E-state index contributed by atoms with van der Waals surface area (Å²) in [5.74, 6) is 0.991. The molecule has 2 heterocycles. The van der Waals surface area contributed by atoms with Crippen LogP contribution < -0.4 is 10.6 Å². The third kappa shape index (κ3) is 5.19. The number of piperidine rings is 1. The minimum Gasteiger partial charge on any atom is -0.352 e. The molecule has 0 unspecified atom stereocenters. The van der Waals surface area contributed by atoms with E-state index < -0.39 is 0 Å². The minimum atomic E-state index is 0. The van der Waals surface area contributed by atoms with Gasteiger partial charge in [-0.1, -0.05) is 16.8 Å². The highest BCUT2D eigenvalue weighted by Crippen LogP contribution is 2.19. The smallest absolute Gasteiger partial charge is 0.227 e. The van der Waals surface area contributed by atoms with E-state index in [4.69, 9.17) is 16.1 Å². The largest absolute Gasteiger partial charge is 0.352 e. The monoisotopic (exact) mass is 370 g/mol. The first-order valence-electron chi connectivity index (χ1n) is 7.79. The summed E-state index contributed by atoms with van der Waals surface area (Å²) in [4.78, 5) is 16.3. The fraction of sp³-hybridized carbons (Fsp3) is 0.438. The highest BCUT2D eigenvalue weighted by molar-refractivity contribution is 6.30. The molecule has 130 valence electrons. The maximum Gasteiger partial charge on any atom is 0.227 e. The summed E-state index contributed by atoms with van der Waals surface area (Å²) < 4.78 is 5.20. The van der Waals surface area contributed by atoms with Crippen LogP contribution in [0, 0.1) is 0 Å². The maximum absolute atomic E-state index is 12.0. The summed E-state index contributed by atoms with van der Waals surface area (Å²) in [5, 5.41) is 10.9. The van der Waals surface area contributed by atoms with Crippen LogP contribution in [0.5, 0.6) is 0 Å². The zero-order chi connectivity index (χ0) is 16.1. The van der Waals surface area contributed by atoms with Crippen LogP contribution in [0.4, 0.5) is 0 Å². The van der Waals surface area contributed by atoms with E-state index in [0.717, 1.165) is 31.5 Å². The lowest BCUT2D eigenvalue weighted by molar-refractivity contribution is -0.121. The lowest BCUT2D eigenvalue weighted by Crippen LogP contribution is -2.45. The fourth-order valence-corrected chi connectivity index (χ4v) is 2.69. The van der Waals surface area contributed by atoms with Gasteiger partial charge < -0.3 is 15.2 Å². The number of hydrogen-bond acceptors (Lipinski definition) is 5. The Hall–Kier alpha value is -1.63. The number of aryl methyl sites for hydroxylation is 1. The summed E-state index contributed by atoms with van der Waals surface area (Å²) in [6, 6.07) is 7.44. The van der Waals surface area contributed by atoms with Gasteiger partial charge in [-0.2, -0.15) is 4.98 Å². The lowest BCUT2D eigenvalue weighted by atomic mass is 10.1. The Labute approximate surface area is 151 Å². The van der Waals surface area contributed by atoms with Crippen molar-refractivity contribution < 1.29 is 9.32 Å². The van der Waals surface area contributed by atoms with Crippen molar-refractivity contribution in [2.75, 3.05) is 13.1 Å². The standard InChI is InChI=1S/C16H19ClN4O2.ClH/c17-12-5-3-11(4-6-12)16-20-15(23-21-16)8-7-14(22)19-13-2-1-9-18-10-13;/h3-6,13,18H,1-2,7-10H2,(H,19,22);1H/t13-;/m0./s1. The van der Waals surface area contributed by atoms with Gasteiger partial charge in [-0.15, -0.1) is 12.4 Å². The number of rotatable bonds is 5. The molecule has 1 atom stereocenters. The predicted octanol–water partition coefficient (Wildman–Crippen LogP) is 2.61. The molecular formula is C16H20Cl2N4O2. The van der Waals surface area contributed by atoms with Crippen LogP contribution in [-0.4, -0.2) is 35.2 Å². The Morgan fingerprint density at radius 2 is 2.17 bits per heavy atom. The summed E-state index contributed by atoms with van der Waals surface area (Å²) >= 11 is 5.86. The van der Waals surface area contributed by atoms with Gasteiger partial charge in [0.2, 0.25) is 17.6 Å². The molecule has 1 fully saturated rings. The van der Waals surface area contributed by atoms with Crippen molar-refractivity contribution in [2.24, 2.45) is 0 Å². The normalized spacial score (nSPS) is 17.1. The molecule has 0 radical (unpaired) electrons. The molecule has 3 rings (SSSR count). The lowest BCUT2D eigenvalue weighted by Gasteiger charge is -2.23. The van der Waals surface area contributed by atoms with E-state index >= 15 is 0 Å². The molecule has 1 aliphatic rings. The van der Waals surface area contributed by atoms with Crippen LogP contribution in [0.15, 0.2) is 28.8 Å². The number of halogens is 2. The van der Waals surface area contributed by atoms with Crippen LogP contribution in [0.3, 0.4) is 0 Å². The first-order chi connectivity index (χ1) is 11.2. The molecule has 8 heteroatoms. The minimum absolute atomic E-state index is 0. The number of carbonyl (C=O) groups is 1. The van der Waals surface area contributed by atoms with Gasteiger partial charge in [-0.05, 0) is 43.7 Å². The first-order valence-corrected chi connectivity index (χ1v) is 8.17. The van der Waals surface area contributed by atoms with Crippen LogP contribution >= 0.6 is 24.0 Å². The van der Waals surface area contributed by atoms with Crippen molar-refractivity contribution in [3.8, 4) is 11.4 Å². The van der Waals surface area contributed by atoms with Gasteiger partial charge in [0.1, 0.15) is 0 Å². The van der Waals surface area contributed by atoms with E-state index in [1.807, 2.05) is 12.1 Å². The Bertz CT molecular complexity index is 654. The summed E-state index contributed by atoms with van der Waals surface area (Å²) in [6.07, 6.45) is 2.91. The Morgan fingerprint density at radius 1 is 1.38 bits per heavy atom. The van der Waals surface area contributed by atoms with Crippen LogP contribution in [0.2, 0.25) is 5.02 Å². The molecule has 1 saturated heterocycles. The molecule has 24 heavy (non-hydrogen) atoms. The molecule has 0 aliphatic carbocycles. The topological polar surface area (TPSA) is 80.0 Å². The summed E-state index contributed by atoms with van der Waals surface area (Å²) in [7, 11) is 0. The molecule has 1 amide bonds. The van der Waals surface area contributed by atoms with Crippen molar-refractivity contribution >= 4 is 29.9 Å². The number of nitrogens with one attached hydrogen (secondary N) is 2. The van der Waals surface area contributed by atoms with E-state index in [-0.39, 0.29) is 24.4 Å². The predicted molar refractivity (Wildman–Crippen MR) is 94.3 cm³/mol. The van der Waals surface area contributed by atoms with Crippen molar-refractivity contribution in [2.45, 2.75) is 31.7 Å². The van der Waals surface area contributed by atoms with Crippen molar-refractivity contribution in [3.05, 3.63) is 35.2 Å². The van der Waals surface area contributed by atoms with Gasteiger partial charge >= 0.3 is 0 Å². The third-order valence-electron chi connectivity index (χ3n) is 3.80. The molecule has 0 bridgehead atoms. The summed E-state index contributed by atoms with van der Waals surface area (Å²) in [5.41, 5.74) is 0.835. The highest BCUT2D eigenvalue weighted by Gasteiger charge is 2.16. The Kier molecular flexibility index (Phi) is 7.02. The van der Waals surface area contributed by atoms with Gasteiger partial charge in [0.25, 0.3) is 0 Å². The van der Waals surface area contributed by atoms with E-state index in [0.29, 0.717) is 29.6 Å². The van der Waals surface area contributed by atoms with Gasteiger partial charge in [0.15, 0.2) is 0 Å². The number of carbonyl (C=O) groups excluding carboxylic acids is 1. The number of hydrogen-bond donors (Lipinski definition) is 2. The Morgan fingerprint density at radius 3 is 2.88 bits per heavy atom. The van der Waals surface area contributed by atoms with Gasteiger partial charge in [0, 0.05) is 36.0 Å². The van der Waals surface area contributed by atoms with E-state index in [1.54, 1.807) is 12.1 Å². The first kappa shape index (κ1) is 18.7. The fourth-order valence-electron chi connectivity index (χ4n) is 2.57. The average Bonchev–Trinajstić information content (AvgIpc) is 3.04. The average molecular weight is 371 g/mol. The Balaban J connectivity index is 0.00000208. The maximum atomic E-state index is 12.0. The van der Waals surface area contributed by atoms with E-state index in [1.165, 1.54) is 0 Å². The van der Waals surface area contributed by atoms with Crippen LogP contribution in [0.1, 0.15) is 25.2 Å². The number of aromatic nitrogens is 2. The van der Waals surface area contributed by atoms with Crippen molar-refractivity contribution in [1.82, 2.24) is 20.8 Å². The second kappa shape index (κ2) is 9.01. The van der Waals surface area contributed by atoms with Gasteiger partial charge in [-0.3, -0.25) is 4.79 Å². The molecule has 2 aromatic rings. The van der Waals surface area contributed by atoms with Crippen LogP contribution in [-0.2, 0) is 11.2 Å². The van der Waals surface area contributed by atoms with Crippen molar-refractivity contribution in [3.63, 3.8) is 0 Å². The highest BCUT2D eigenvalue weighted by atomic mass is 35.5. The second-order valence-corrected chi connectivity index (χ2v) is 6.07. The molecular weight excluding hydrogens is 351 g/mol. The molecule has 1 aromatic heterocycles. The third-order valence-corrected chi connectivity index (χ3v) is 4.05. The molecule has 0 saturated carbocycles.